The van der Waals surface area contributed by atoms with Crippen LogP contribution < -0.4 is 4.90 Å². The number of hydrogen-bond acceptors (Lipinski definition) is 4. The maximum atomic E-state index is 4.42. The number of rotatable bonds is 6. The van der Waals surface area contributed by atoms with Gasteiger partial charge >= 0.3 is 0 Å². The number of para-hydroxylation sites is 1. The van der Waals surface area contributed by atoms with E-state index in [2.05, 4.69) is 47.9 Å². The fourth-order valence-electron chi connectivity index (χ4n) is 4.64. The number of aromatic nitrogens is 3. The van der Waals surface area contributed by atoms with Gasteiger partial charge in [0.2, 0.25) is 0 Å². The second-order valence-electron chi connectivity index (χ2n) is 10.3. The molecule has 1 aliphatic carbocycles. The lowest BCUT2D eigenvalue weighted by molar-refractivity contribution is 0.276. The molecule has 0 aliphatic heterocycles. The van der Waals surface area contributed by atoms with E-state index in [9.17, 15) is 0 Å². The molecule has 0 N–H and O–H groups in total. The summed E-state index contributed by atoms with van der Waals surface area (Å²) >= 11 is 0. The number of aryl methyl sites for hydroxylation is 3. The molecule has 1 saturated carbocycles. The first-order chi connectivity index (χ1) is 17.8. The minimum atomic E-state index is 0.812. The molecule has 3 aromatic rings. The standard InChI is InChI=1S/C11H13N3.C10H15N.C10H20.C2H6/c1-8-12-10-7-5-4-6-9(10)11(13-8)14(2)3;1-3-4-7-10-8-5-6-9(2)11-10;1-3-4-10-7-5-9(2)6-8-10;1-2/h4-7H,1-3H3;5-6,8H,3-4,7H2,1-2H3;9-10H,3-8H2,1-2H3;1-2H3. The molecule has 0 bridgehead atoms. The molecule has 2 heterocycles. The molecule has 1 aliphatic rings. The topological polar surface area (TPSA) is 41.9 Å². The Morgan fingerprint density at radius 3 is 2.08 bits per heavy atom. The summed E-state index contributed by atoms with van der Waals surface area (Å²) in [6.07, 6.45) is 12.5. The molecule has 0 radical (unpaired) electrons. The lowest BCUT2D eigenvalue weighted by atomic mass is 9.81. The summed E-state index contributed by atoms with van der Waals surface area (Å²) in [4.78, 5) is 15.2. The van der Waals surface area contributed by atoms with Gasteiger partial charge in [-0.3, -0.25) is 4.98 Å². The normalized spacial score (nSPS) is 16.4. The van der Waals surface area contributed by atoms with Gasteiger partial charge in [-0.05, 0) is 62.8 Å². The molecule has 1 fully saturated rings. The first-order valence-corrected chi connectivity index (χ1v) is 14.7. The van der Waals surface area contributed by atoms with E-state index in [1.54, 1.807) is 0 Å². The van der Waals surface area contributed by atoms with Crippen LogP contribution in [0.4, 0.5) is 5.82 Å². The Balaban J connectivity index is 0.000000273. The number of benzene rings is 1. The monoisotopic (exact) mass is 506 g/mol. The number of unbranched alkanes of at least 4 members (excludes halogenated alkanes) is 1. The van der Waals surface area contributed by atoms with Gasteiger partial charge in [-0.2, -0.15) is 0 Å². The predicted molar refractivity (Wildman–Crippen MR) is 164 cm³/mol. The van der Waals surface area contributed by atoms with Crippen LogP contribution in [0, 0.1) is 25.7 Å². The summed E-state index contributed by atoms with van der Waals surface area (Å²) < 4.78 is 0. The van der Waals surface area contributed by atoms with E-state index in [-0.39, 0.29) is 0 Å². The molecule has 2 aromatic heterocycles. The average molecular weight is 507 g/mol. The van der Waals surface area contributed by atoms with Crippen molar-refractivity contribution < 1.29 is 0 Å². The summed E-state index contributed by atoms with van der Waals surface area (Å²) in [5.41, 5.74) is 3.36. The molecule has 4 nitrogen and oxygen atoms in total. The van der Waals surface area contributed by atoms with Gasteiger partial charge in [0.05, 0.1) is 5.52 Å². The van der Waals surface area contributed by atoms with E-state index in [4.69, 9.17) is 0 Å². The van der Waals surface area contributed by atoms with E-state index in [1.807, 2.05) is 77.0 Å². The van der Waals surface area contributed by atoms with Crippen molar-refractivity contribution in [3.8, 4) is 0 Å². The Labute approximate surface area is 228 Å². The minimum Gasteiger partial charge on any atom is -0.362 e. The van der Waals surface area contributed by atoms with Crippen LogP contribution in [0.3, 0.4) is 0 Å². The Hall–Kier alpha value is -2.49. The maximum Gasteiger partial charge on any atom is 0.139 e. The highest BCUT2D eigenvalue weighted by molar-refractivity contribution is 5.89. The molecule has 0 saturated heterocycles. The van der Waals surface area contributed by atoms with Crippen molar-refractivity contribution in [2.24, 2.45) is 11.8 Å². The predicted octanol–water partition coefficient (Wildman–Crippen LogP) is 9.38. The molecule has 0 atom stereocenters. The van der Waals surface area contributed by atoms with Crippen molar-refractivity contribution in [3.05, 3.63) is 59.7 Å². The molecule has 1 aromatic carbocycles. The Morgan fingerprint density at radius 1 is 0.811 bits per heavy atom. The zero-order valence-corrected chi connectivity index (χ0v) is 25.3. The van der Waals surface area contributed by atoms with Gasteiger partial charge in [-0.1, -0.05) is 97.8 Å². The highest BCUT2D eigenvalue weighted by Crippen LogP contribution is 2.30. The van der Waals surface area contributed by atoms with Crippen LogP contribution in [0.25, 0.3) is 10.9 Å². The number of fused-ring (bicyclic) bond motifs is 1. The fraction of sp³-hybridized carbons (Fsp3) is 0.606. The third-order valence-corrected chi connectivity index (χ3v) is 6.68. The first-order valence-electron chi connectivity index (χ1n) is 14.7. The lowest BCUT2D eigenvalue weighted by Crippen LogP contribution is -2.12. The van der Waals surface area contributed by atoms with E-state index >= 15 is 0 Å². The van der Waals surface area contributed by atoms with E-state index < -0.39 is 0 Å². The smallest absolute Gasteiger partial charge is 0.139 e. The van der Waals surface area contributed by atoms with E-state index in [0.29, 0.717) is 0 Å². The maximum absolute atomic E-state index is 4.42. The number of hydrogen-bond donors (Lipinski definition) is 0. The van der Waals surface area contributed by atoms with Gasteiger partial charge in [-0.15, -0.1) is 0 Å². The summed E-state index contributed by atoms with van der Waals surface area (Å²) in [6.45, 7) is 14.9. The van der Waals surface area contributed by atoms with Crippen LogP contribution >= 0.6 is 0 Å². The molecular formula is C33H54N4. The molecule has 37 heavy (non-hydrogen) atoms. The van der Waals surface area contributed by atoms with Crippen LogP contribution in [0.2, 0.25) is 0 Å². The second-order valence-corrected chi connectivity index (χ2v) is 10.3. The van der Waals surface area contributed by atoms with Crippen LogP contribution in [0.5, 0.6) is 0 Å². The van der Waals surface area contributed by atoms with Gasteiger partial charge in [0.25, 0.3) is 0 Å². The summed E-state index contributed by atoms with van der Waals surface area (Å²) in [5, 5.41) is 1.10. The SMILES string of the molecule is CC.CCCC1CCC(C)CC1.CCCCc1cccc(C)n1.Cc1nc(N(C)C)c2ccccc2n1. The Bertz CT molecular complexity index is 991. The third-order valence-electron chi connectivity index (χ3n) is 6.68. The highest BCUT2D eigenvalue weighted by Gasteiger charge is 2.16. The van der Waals surface area contributed by atoms with Crippen molar-refractivity contribution in [1.29, 1.82) is 0 Å². The quantitative estimate of drug-likeness (QED) is 0.334. The van der Waals surface area contributed by atoms with E-state index in [1.165, 1.54) is 57.1 Å². The zero-order chi connectivity index (χ0) is 27.6. The minimum absolute atomic E-state index is 0.812. The molecule has 4 rings (SSSR count). The first kappa shape index (κ1) is 32.5. The summed E-state index contributed by atoms with van der Waals surface area (Å²) in [5.74, 6) is 3.90. The molecule has 0 amide bonds. The average Bonchev–Trinajstić information content (AvgIpc) is 2.90. The van der Waals surface area contributed by atoms with Crippen LogP contribution in [-0.2, 0) is 6.42 Å². The Kier molecular flexibility index (Phi) is 16.5. The molecule has 4 heteroatoms. The van der Waals surface area contributed by atoms with Gasteiger partial charge in [0.15, 0.2) is 0 Å². The third kappa shape index (κ3) is 12.5. The molecule has 206 valence electrons. The zero-order valence-electron chi connectivity index (χ0n) is 25.3. The number of nitrogens with zero attached hydrogens (tertiary/aromatic N) is 4. The lowest BCUT2D eigenvalue weighted by Gasteiger charge is -2.25. The molecule has 0 unspecified atom stereocenters. The van der Waals surface area contributed by atoms with E-state index in [0.717, 1.165) is 46.5 Å². The van der Waals surface area contributed by atoms with Gasteiger partial charge < -0.3 is 4.90 Å². The van der Waals surface area contributed by atoms with Gasteiger partial charge in [0, 0.05) is 30.9 Å². The van der Waals surface area contributed by atoms with Gasteiger partial charge in [-0.25, -0.2) is 9.97 Å². The number of pyridine rings is 1. The van der Waals surface area contributed by atoms with Gasteiger partial charge in [0.1, 0.15) is 11.6 Å². The van der Waals surface area contributed by atoms with Crippen molar-refractivity contribution in [1.82, 2.24) is 15.0 Å². The second kappa shape index (κ2) is 18.7. The van der Waals surface area contributed by atoms with Crippen molar-refractivity contribution in [2.75, 3.05) is 19.0 Å². The summed E-state index contributed by atoms with van der Waals surface area (Å²) in [6, 6.07) is 14.3. The molecular weight excluding hydrogens is 452 g/mol. The Morgan fingerprint density at radius 2 is 1.49 bits per heavy atom. The molecule has 0 spiro atoms. The van der Waals surface area contributed by atoms with Crippen molar-refractivity contribution >= 4 is 16.7 Å². The summed E-state index contributed by atoms with van der Waals surface area (Å²) in [7, 11) is 3.99. The highest BCUT2D eigenvalue weighted by atomic mass is 15.1. The largest absolute Gasteiger partial charge is 0.362 e. The number of anilines is 1. The van der Waals surface area contributed by atoms with Crippen LogP contribution in [0.1, 0.15) is 103 Å². The van der Waals surface area contributed by atoms with Crippen LogP contribution in [0.15, 0.2) is 42.5 Å². The van der Waals surface area contributed by atoms with Crippen LogP contribution in [-0.4, -0.2) is 29.0 Å². The van der Waals surface area contributed by atoms with Crippen molar-refractivity contribution in [3.63, 3.8) is 0 Å². The fourth-order valence-corrected chi connectivity index (χ4v) is 4.64. The van der Waals surface area contributed by atoms with Crippen molar-refractivity contribution in [2.45, 2.75) is 106 Å².